The molecular formula is C22H11BrN4O6S. The number of benzene rings is 3. The fraction of sp³-hybridized carbons (Fsp3) is 0. The molecule has 12 heteroatoms. The molecule has 10 nitrogen and oxygen atoms in total. The van der Waals surface area contributed by atoms with Crippen LogP contribution >= 0.6 is 27.3 Å². The van der Waals surface area contributed by atoms with Gasteiger partial charge in [-0.05, 0) is 57.9 Å². The van der Waals surface area contributed by atoms with E-state index in [1.54, 1.807) is 28.7 Å². The Labute approximate surface area is 201 Å². The Hall–Kier alpha value is -4.16. The smallest absolute Gasteiger partial charge is 0.318 e. The van der Waals surface area contributed by atoms with E-state index in [9.17, 15) is 25.0 Å². The maximum absolute atomic E-state index is 12.9. The fourth-order valence-electron chi connectivity index (χ4n) is 3.42. The van der Waals surface area contributed by atoms with Gasteiger partial charge in [0.15, 0.2) is 4.96 Å². The molecule has 0 fully saturated rings. The second-order valence-corrected chi connectivity index (χ2v) is 8.96. The Morgan fingerprint density at radius 2 is 1.76 bits per heavy atom. The molecule has 2 aromatic heterocycles. The first-order chi connectivity index (χ1) is 16.3. The topological polar surface area (TPSA) is 130 Å². The highest BCUT2D eigenvalue weighted by Crippen LogP contribution is 2.37. The molecule has 0 saturated heterocycles. The predicted octanol–water partition coefficient (Wildman–Crippen LogP) is 4.83. The number of nitrogens with zero attached hydrogens (tertiary/aromatic N) is 4. The van der Waals surface area contributed by atoms with E-state index in [0.29, 0.717) is 19.5 Å². The number of aromatic nitrogens is 2. The van der Waals surface area contributed by atoms with E-state index in [1.807, 2.05) is 24.3 Å². The van der Waals surface area contributed by atoms with Crippen molar-refractivity contribution in [3.05, 3.63) is 106 Å². The molecule has 0 aliphatic carbocycles. The maximum Gasteiger partial charge on any atom is 0.318 e. The van der Waals surface area contributed by atoms with Crippen molar-refractivity contribution in [2.45, 2.75) is 0 Å². The zero-order valence-electron chi connectivity index (χ0n) is 16.9. The average Bonchev–Trinajstić information content (AvgIpc) is 3.31. The van der Waals surface area contributed by atoms with Crippen LogP contribution in [0.3, 0.4) is 0 Å². The van der Waals surface area contributed by atoms with Crippen molar-refractivity contribution in [3.63, 3.8) is 0 Å². The minimum absolute atomic E-state index is 0.138. The lowest BCUT2D eigenvalue weighted by Crippen LogP contribution is -2.22. The van der Waals surface area contributed by atoms with Gasteiger partial charge in [0, 0.05) is 6.07 Å². The van der Waals surface area contributed by atoms with Crippen LogP contribution < -0.4 is 14.8 Å². The van der Waals surface area contributed by atoms with Gasteiger partial charge in [0.2, 0.25) is 5.75 Å². The molecule has 168 valence electrons. The van der Waals surface area contributed by atoms with Crippen LogP contribution in [0, 0.1) is 20.2 Å². The van der Waals surface area contributed by atoms with E-state index in [-0.39, 0.29) is 17.1 Å². The van der Waals surface area contributed by atoms with Crippen LogP contribution in [0.2, 0.25) is 0 Å². The monoisotopic (exact) mass is 538 g/mol. The predicted molar refractivity (Wildman–Crippen MR) is 130 cm³/mol. The van der Waals surface area contributed by atoms with Gasteiger partial charge in [-0.1, -0.05) is 29.5 Å². The van der Waals surface area contributed by atoms with Crippen molar-refractivity contribution >= 4 is 60.7 Å². The molecule has 0 N–H and O–H groups in total. The highest BCUT2D eigenvalue weighted by atomic mass is 79.9. The van der Waals surface area contributed by atoms with Crippen molar-refractivity contribution in [1.82, 2.24) is 9.38 Å². The maximum atomic E-state index is 12.9. The quantitative estimate of drug-likeness (QED) is 0.231. The van der Waals surface area contributed by atoms with Gasteiger partial charge in [-0.3, -0.25) is 25.0 Å². The third-order valence-electron chi connectivity index (χ3n) is 4.97. The summed E-state index contributed by atoms with van der Waals surface area (Å²) in [5, 5.41) is 22.3. The number of non-ortho nitro benzene ring substituents is 1. The Kier molecular flexibility index (Phi) is 5.30. The molecule has 2 heterocycles. The Morgan fingerprint density at radius 3 is 2.50 bits per heavy atom. The molecule has 0 unspecified atom stereocenters. The van der Waals surface area contributed by atoms with E-state index in [2.05, 4.69) is 20.9 Å². The number of imidazole rings is 1. The third kappa shape index (κ3) is 3.78. The van der Waals surface area contributed by atoms with Crippen LogP contribution in [0.1, 0.15) is 5.56 Å². The van der Waals surface area contributed by atoms with E-state index < -0.39 is 21.2 Å². The molecule has 0 saturated carbocycles. The first-order valence-corrected chi connectivity index (χ1v) is 11.2. The number of halogens is 1. The molecule has 3 aromatic carbocycles. The minimum Gasteiger partial charge on any atom is -0.449 e. The van der Waals surface area contributed by atoms with Crippen LogP contribution in [0.15, 0.2) is 69.9 Å². The Bertz CT molecular complexity index is 1750. The Balaban J connectivity index is 1.50. The van der Waals surface area contributed by atoms with Crippen molar-refractivity contribution in [2.24, 2.45) is 0 Å². The summed E-state index contributed by atoms with van der Waals surface area (Å²) in [7, 11) is 0. The summed E-state index contributed by atoms with van der Waals surface area (Å²) in [5.74, 6) is 0.129. The number of thiazole rings is 1. The van der Waals surface area contributed by atoms with Gasteiger partial charge in [-0.25, -0.2) is 9.38 Å². The van der Waals surface area contributed by atoms with Crippen LogP contribution in [0.4, 0.5) is 11.4 Å². The number of fused-ring (bicyclic) bond motifs is 3. The minimum atomic E-state index is -0.745. The highest BCUT2D eigenvalue weighted by Gasteiger charge is 2.22. The number of para-hydroxylation sites is 2. The number of hydrogen-bond acceptors (Lipinski definition) is 8. The summed E-state index contributed by atoms with van der Waals surface area (Å²) in [6.45, 7) is 0. The van der Waals surface area contributed by atoms with Gasteiger partial charge < -0.3 is 4.74 Å². The molecule has 0 aliphatic rings. The molecule has 0 spiro atoms. The fourth-order valence-corrected chi connectivity index (χ4v) is 4.88. The first-order valence-electron chi connectivity index (χ1n) is 9.64. The molecule has 0 aliphatic heterocycles. The average molecular weight is 539 g/mol. The molecule has 34 heavy (non-hydrogen) atoms. The van der Waals surface area contributed by atoms with E-state index >= 15 is 0 Å². The number of nitro groups is 2. The summed E-state index contributed by atoms with van der Waals surface area (Å²) in [6, 6.07) is 15.5. The Morgan fingerprint density at radius 1 is 1.00 bits per heavy atom. The lowest BCUT2D eigenvalue weighted by atomic mass is 10.2. The van der Waals surface area contributed by atoms with Crippen molar-refractivity contribution in [2.75, 3.05) is 0 Å². The number of hydrogen-bond donors (Lipinski definition) is 0. The summed E-state index contributed by atoms with van der Waals surface area (Å²) in [4.78, 5) is 38.8. The summed E-state index contributed by atoms with van der Waals surface area (Å²) in [6.07, 6.45) is 1.72. The molecule has 0 radical (unpaired) electrons. The van der Waals surface area contributed by atoms with Crippen LogP contribution in [-0.2, 0) is 0 Å². The lowest BCUT2D eigenvalue weighted by molar-refractivity contribution is -0.394. The van der Waals surface area contributed by atoms with Crippen molar-refractivity contribution in [1.29, 1.82) is 0 Å². The van der Waals surface area contributed by atoms with Crippen molar-refractivity contribution < 1.29 is 14.6 Å². The number of ether oxygens (including phenoxy) is 1. The van der Waals surface area contributed by atoms with Crippen molar-refractivity contribution in [3.8, 4) is 11.5 Å². The van der Waals surface area contributed by atoms with Gasteiger partial charge in [0.05, 0.1) is 36.0 Å². The zero-order chi connectivity index (χ0) is 24.0. The SMILES string of the molecule is O=c1/c(=C/c2ccc(Oc3ccc([N+](=O)[O-])cc3[N+](=O)[O-])c(Br)c2)sc2nc3ccccc3n12. The second kappa shape index (κ2) is 8.32. The normalized spacial score (nSPS) is 11.9. The second-order valence-electron chi connectivity index (χ2n) is 7.09. The highest BCUT2D eigenvalue weighted by molar-refractivity contribution is 9.10. The summed E-state index contributed by atoms with van der Waals surface area (Å²) >= 11 is 4.65. The van der Waals surface area contributed by atoms with Gasteiger partial charge in [-0.15, -0.1) is 0 Å². The largest absolute Gasteiger partial charge is 0.449 e. The number of rotatable bonds is 5. The molecule has 0 amide bonds. The lowest BCUT2D eigenvalue weighted by Gasteiger charge is -2.08. The molecule has 5 rings (SSSR count). The third-order valence-corrected chi connectivity index (χ3v) is 6.56. The van der Waals surface area contributed by atoms with E-state index in [0.717, 1.165) is 23.2 Å². The van der Waals surface area contributed by atoms with Gasteiger partial charge >= 0.3 is 5.69 Å². The van der Waals surface area contributed by atoms with Gasteiger partial charge in [0.25, 0.3) is 11.2 Å². The molecule has 0 bridgehead atoms. The van der Waals surface area contributed by atoms with Crippen LogP contribution in [0.5, 0.6) is 11.5 Å². The molecule has 5 aromatic rings. The summed E-state index contributed by atoms with van der Waals surface area (Å²) < 4.78 is 8.21. The van der Waals surface area contributed by atoms with Gasteiger partial charge in [-0.2, -0.15) is 0 Å². The van der Waals surface area contributed by atoms with Gasteiger partial charge in [0.1, 0.15) is 5.75 Å². The zero-order valence-corrected chi connectivity index (χ0v) is 19.3. The summed E-state index contributed by atoms with van der Waals surface area (Å²) in [5.41, 5.74) is 1.08. The number of nitro benzene ring substituents is 2. The standard InChI is InChI=1S/C22H11BrN4O6S/c23-14-9-12(10-20-21(28)25-16-4-2-1-3-15(16)24-22(25)34-20)5-7-18(14)33-19-8-6-13(26(29)30)11-17(19)27(31)32/h1-11H/b20-10-. The van der Waals surface area contributed by atoms with Crippen LogP contribution in [0.25, 0.3) is 22.1 Å². The van der Waals surface area contributed by atoms with E-state index in [1.165, 1.54) is 17.4 Å². The first kappa shape index (κ1) is 21.7. The van der Waals surface area contributed by atoms with Crippen LogP contribution in [-0.4, -0.2) is 19.2 Å². The van der Waals surface area contributed by atoms with E-state index in [4.69, 9.17) is 4.74 Å². The molecular weight excluding hydrogens is 528 g/mol. The molecule has 0 atom stereocenters.